The van der Waals surface area contributed by atoms with Crippen LogP contribution in [0.3, 0.4) is 0 Å². The van der Waals surface area contributed by atoms with Crippen LogP contribution in [0, 0.1) is 0 Å². The first-order valence-electron chi connectivity index (χ1n) is 8.71. The van der Waals surface area contributed by atoms with E-state index in [1.807, 2.05) is 18.2 Å². The Hall–Kier alpha value is -2.20. The van der Waals surface area contributed by atoms with Crippen molar-refractivity contribution in [1.82, 2.24) is 0 Å². The Bertz CT molecular complexity index is 693. The van der Waals surface area contributed by atoms with E-state index in [-0.39, 0.29) is 5.60 Å². The molecule has 0 spiro atoms. The third-order valence-corrected chi connectivity index (χ3v) is 5.07. The first-order chi connectivity index (χ1) is 11.6. The third kappa shape index (κ3) is 3.06. The largest absolute Gasteiger partial charge is 0.483 e. The second-order valence-electron chi connectivity index (χ2n) is 6.56. The van der Waals surface area contributed by atoms with Gasteiger partial charge in [-0.1, -0.05) is 44.2 Å². The highest BCUT2D eigenvalue weighted by Gasteiger charge is 2.37. The minimum Gasteiger partial charge on any atom is -0.483 e. The van der Waals surface area contributed by atoms with Crippen molar-refractivity contribution < 1.29 is 4.74 Å². The van der Waals surface area contributed by atoms with Gasteiger partial charge in [-0.3, -0.25) is 0 Å². The van der Waals surface area contributed by atoms with E-state index in [0.29, 0.717) is 6.54 Å². The molecule has 0 saturated carbocycles. The van der Waals surface area contributed by atoms with Gasteiger partial charge in [0.25, 0.3) is 0 Å². The second kappa shape index (κ2) is 6.73. The van der Waals surface area contributed by atoms with Crippen LogP contribution in [-0.2, 0) is 13.1 Å². The number of hydrogen-bond donors (Lipinski definition) is 2. The number of nitrogens with two attached hydrogens (primary N) is 2. The van der Waals surface area contributed by atoms with Gasteiger partial charge in [0, 0.05) is 13.1 Å². The van der Waals surface area contributed by atoms with Gasteiger partial charge < -0.3 is 21.1 Å². The first kappa shape index (κ1) is 16.7. The SMILES string of the molecule is CCC1(CC)CN(Cc2ccc(CN)cc2)c2c(N)cccc2O1. The lowest BCUT2D eigenvalue weighted by atomic mass is 9.93. The summed E-state index contributed by atoms with van der Waals surface area (Å²) in [4.78, 5) is 2.36. The van der Waals surface area contributed by atoms with E-state index in [1.54, 1.807) is 0 Å². The first-order valence-corrected chi connectivity index (χ1v) is 8.71. The third-order valence-electron chi connectivity index (χ3n) is 5.07. The number of anilines is 2. The molecule has 0 saturated heterocycles. The number of nitrogens with zero attached hydrogens (tertiary/aromatic N) is 1. The van der Waals surface area contributed by atoms with Gasteiger partial charge >= 0.3 is 0 Å². The van der Waals surface area contributed by atoms with Gasteiger partial charge in [-0.25, -0.2) is 0 Å². The molecule has 3 rings (SSSR count). The fourth-order valence-electron chi connectivity index (χ4n) is 3.41. The molecule has 1 heterocycles. The predicted octanol–water partition coefficient (Wildman–Crippen LogP) is 3.69. The van der Waals surface area contributed by atoms with Crippen molar-refractivity contribution in [2.75, 3.05) is 17.2 Å². The van der Waals surface area contributed by atoms with Crippen molar-refractivity contribution in [1.29, 1.82) is 0 Å². The number of hydrogen-bond acceptors (Lipinski definition) is 4. The van der Waals surface area contributed by atoms with Crippen molar-refractivity contribution in [3.8, 4) is 5.75 Å². The van der Waals surface area contributed by atoms with Gasteiger partial charge in [-0.15, -0.1) is 0 Å². The molecule has 128 valence electrons. The molecule has 0 unspecified atom stereocenters. The monoisotopic (exact) mass is 325 g/mol. The molecule has 0 fully saturated rings. The molecule has 0 atom stereocenters. The molecule has 0 aromatic heterocycles. The van der Waals surface area contributed by atoms with Crippen LogP contribution in [0.25, 0.3) is 0 Å². The van der Waals surface area contributed by atoms with E-state index in [2.05, 4.69) is 43.0 Å². The molecular formula is C20H27N3O. The molecule has 4 heteroatoms. The number of fused-ring (bicyclic) bond motifs is 1. The van der Waals surface area contributed by atoms with Crippen LogP contribution in [0.2, 0.25) is 0 Å². The van der Waals surface area contributed by atoms with E-state index >= 15 is 0 Å². The molecule has 1 aliphatic heterocycles. The van der Waals surface area contributed by atoms with E-state index in [9.17, 15) is 0 Å². The number of rotatable bonds is 5. The van der Waals surface area contributed by atoms with Gasteiger partial charge in [0.15, 0.2) is 0 Å². The Morgan fingerprint density at radius 2 is 1.71 bits per heavy atom. The van der Waals surface area contributed by atoms with Gasteiger partial charge in [0.1, 0.15) is 17.0 Å². The summed E-state index contributed by atoms with van der Waals surface area (Å²) in [5, 5.41) is 0. The fourth-order valence-corrected chi connectivity index (χ4v) is 3.41. The molecule has 0 bridgehead atoms. The van der Waals surface area contributed by atoms with Crippen molar-refractivity contribution >= 4 is 11.4 Å². The molecule has 24 heavy (non-hydrogen) atoms. The maximum absolute atomic E-state index is 6.36. The zero-order valence-corrected chi connectivity index (χ0v) is 14.6. The normalized spacial score (nSPS) is 15.7. The van der Waals surface area contributed by atoms with E-state index in [1.165, 1.54) is 5.56 Å². The highest BCUT2D eigenvalue weighted by molar-refractivity contribution is 5.76. The molecule has 4 nitrogen and oxygen atoms in total. The van der Waals surface area contributed by atoms with Crippen molar-refractivity contribution in [2.24, 2.45) is 5.73 Å². The summed E-state index contributed by atoms with van der Waals surface area (Å²) < 4.78 is 6.36. The molecule has 0 radical (unpaired) electrons. The summed E-state index contributed by atoms with van der Waals surface area (Å²) in [5.41, 5.74) is 16.0. The van der Waals surface area contributed by atoms with Gasteiger partial charge in [0.05, 0.1) is 12.2 Å². The summed E-state index contributed by atoms with van der Waals surface area (Å²) in [6.07, 6.45) is 1.95. The molecule has 1 aliphatic rings. The second-order valence-corrected chi connectivity index (χ2v) is 6.56. The highest BCUT2D eigenvalue weighted by atomic mass is 16.5. The van der Waals surface area contributed by atoms with Crippen LogP contribution in [0.5, 0.6) is 5.75 Å². The lowest BCUT2D eigenvalue weighted by molar-refractivity contribution is 0.0572. The minimum absolute atomic E-state index is 0.155. The Morgan fingerprint density at radius 1 is 1.04 bits per heavy atom. The van der Waals surface area contributed by atoms with Crippen LogP contribution in [0.15, 0.2) is 42.5 Å². The van der Waals surface area contributed by atoms with Crippen LogP contribution < -0.4 is 21.1 Å². The summed E-state index contributed by atoms with van der Waals surface area (Å²) in [6, 6.07) is 14.4. The lowest BCUT2D eigenvalue weighted by Crippen LogP contribution is -2.50. The van der Waals surface area contributed by atoms with Crippen LogP contribution in [-0.4, -0.2) is 12.1 Å². The van der Waals surface area contributed by atoms with Crippen molar-refractivity contribution in [3.63, 3.8) is 0 Å². The van der Waals surface area contributed by atoms with Crippen LogP contribution >= 0.6 is 0 Å². The summed E-state index contributed by atoms with van der Waals surface area (Å²) in [7, 11) is 0. The van der Waals surface area contributed by atoms with E-state index in [0.717, 1.165) is 48.6 Å². The molecular weight excluding hydrogens is 298 g/mol. The number of para-hydroxylation sites is 1. The van der Waals surface area contributed by atoms with Crippen molar-refractivity contribution in [2.45, 2.75) is 45.4 Å². The average Bonchev–Trinajstić information content (AvgIpc) is 2.62. The molecule has 2 aromatic carbocycles. The zero-order valence-electron chi connectivity index (χ0n) is 14.6. The Morgan fingerprint density at radius 3 is 2.33 bits per heavy atom. The van der Waals surface area contributed by atoms with Crippen LogP contribution in [0.1, 0.15) is 37.8 Å². The Labute approximate surface area is 144 Å². The predicted molar refractivity (Wildman–Crippen MR) is 100 cm³/mol. The lowest BCUT2D eigenvalue weighted by Gasteiger charge is -2.44. The van der Waals surface area contributed by atoms with E-state index in [4.69, 9.17) is 16.2 Å². The van der Waals surface area contributed by atoms with Crippen molar-refractivity contribution in [3.05, 3.63) is 53.6 Å². The fraction of sp³-hybridized carbons (Fsp3) is 0.400. The maximum Gasteiger partial charge on any atom is 0.145 e. The number of nitrogen functional groups attached to an aromatic ring is 1. The van der Waals surface area contributed by atoms with Gasteiger partial charge in [-0.2, -0.15) is 0 Å². The standard InChI is InChI=1S/C20H27N3O/c1-3-20(4-2)14-23(13-16-10-8-15(12-21)9-11-16)19-17(22)6-5-7-18(19)24-20/h5-11H,3-4,12-14,21-22H2,1-2H3. The number of ether oxygens (including phenoxy) is 1. The summed E-state index contributed by atoms with van der Waals surface area (Å²) >= 11 is 0. The highest BCUT2D eigenvalue weighted by Crippen LogP contribution is 2.43. The Kier molecular flexibility index (Phi) is 4.67. The minimum atomic E-state index is -0.155. The Balaban J connectivity index is 1.95. The zero-order chi connectivity index (χ0) is 17.2. The topological polar surface area (TPSA) is 64.5 Å². The summed E-state index contributed by atoms with van der Waals surface area (Å²) in [5.74, 6) is 0.892. The molecule has 2 aromatic rings. The average molecular weight is 325 g/mol. The summed E-state index contributed by atoms with van der Waals surface area (Å²) in [6.45, 7) is 6.61. The van der Waals surface area contributed by atoms with E-state index < -0.39 is 0 Å². The van der Waals surface area contributed by atoms with Crippen LogP contribution in [0.4, 0.5) is 11.4 Å². The number of benzene rings is 2. The molecule has 0 amide bonds. The molecule has 0 aliphatic carbocycles. The molecule has 4 N–H and O–H groups in total. The van der Waals surface area contributed by atoms with Gasteiger partial charge in [0.2, 0.25) is 0 Å². The maximum atomic E-state index is 6.36. The quantitative estimate of drug-likeness (QED) is 0.823. The smallest absolute Gasteiger partial charge is 0.145 e. The van der Waals surface area contributed by atoms with Gasteiger partial charge in [-0.05, 0) is 36.1 Å².